The van der Waals surface area contributed by atoms with Gasteiger partial charge in [-0.15, -0.1) is 0 Å². The number of aromatic nitrogens is 1. The van der Waals surface area contributed by atoms with E-state index in [9.17, 15) is 9.18 Å². The zero-order valence-electron chi connectivity index (χ0n) is 14.2. The average Bonchev–Trinajstić information content (AvgIpc) is 2.93. The van der Waals surface area contributed by atoms with Gasteiger partial charge in [0, 0.05) is 22.6 Å². The van der Waals surface area contributed by atoms with Crippen LogP contribution in [0, 0.1) is 12.7 Å². The summed E-state index contributed by atoms with van der Waals surface area (Å²) in [6.07, 6.45) is 2.98. The lowest BCUT2D eigenvalue weighted by molar-refractivity contribution is -0.121. The van der Waals surface area contributed by atoms with E-state index in [1.54, 1.807) is 6.07 Å². The number of hydrogen-bond acceptors (Lipinski definition) is 1. The zero-order valence-corrected chi connectivity index (χ0v) is 14.2. The van der Waals surface area contributed by atoms with Crippen LogP contribution in [-0.2, 0) is 24.1 Å². The molecule has 4 rings (SSSR count). The van der Waals surface area contributed by atoms with E-state index in [1.807, 2.05) is 37.3 Å². The van der Waals surface area contributed by atoms with E-state index in [2.05, 4.69) is 10.3 Å². The van der Waals surface area contributed by atoms with Crippen LogP contribution in [0.4, 0.5) is 4.39 Å². The predicted octanol–water partition coefficient (Wildman–Crippen LogP) is 3.83. The minimum Gasteiger partial charge on any atom is -0.358 e. The first-order chi connectivity index (χ1) is 12.1. The number of fused-ring (bicyclic) bond motifs is 3. The molecular weight excluding hydrogens is 315 g/mol. The van der Waals surface area contributed by atoms with Crippen molar-refractivity contribution in [3.05, 3.63) is 70.7 Å². The highest BCUT2D eigenvalue weighted by atomic mass is 19.1. The Kier molecular flexibility index (Phi) is 4.04. The monoisotopic (exact) mass is 336 g/mol. The Bertz CT molecular complexity index is 927. The van der Waals surface area contributed by atoms with Crippen molar-refractivity contribution in [2.75, 3.05) is 0 Å². The van der Waals surface area contributed by atoms with Gasteiger partial charge in [0.05, 0.1) is 6.42 Å². The van der Waals surface area contributed by atoms with Crippen molar-refractivity contribution >= 4 is 16.8 Å². The summed E-state index contributed by atoms with van der Waals surface area (Å²) in [6, 6.07) is 13.1. The molecule has 0 radical (unpaired) electrons. The smallest absolute Gasteiger partial charge is 0.224 e. The van der Waals surface area contributed by atoms with Gasteiger partial charge in [0.15, 0.2) is 0 Å². The molecule has 128 valence electrons. The average molecular weight is 336 g/mol. The van der Waals surface area contributed by atoms with Crippen LogP contribution in [0.15, 0.2) is 42.5 Å². The van der Waals surface area contributed by atoms with Gasteiger partial charge in [-0.3, -0.25) is 4.79 Å². The van der Waals surface area contributed by atoms with Crippen LogP contribution < -0.4 is 5.32 Å². The number of benzene rings is 2. The normalized spacial score (nSPS) is 16.6. The maximum absolute atomic E-state index is 13.4. The van der Waals surface area contributed by atoms with Gasteiger partial charge in [-0.25, -0.2) is 4.39 Å². The van der Waals surface area contributed by atoms with E-state index in [-0.39, 0.29) is 17.8 Å². The fourth-order valence-corrected chi connectivity index (χ4v) is 3.69. The molecule has 0 aliphatic heterocycles. The lowest BCUT2D eigenvalue weighted by Gasteiger charge is -2.23. The molecule has 4 heteroatoms. The first-order valence-corrected chi connectivity index (χ1v) is 8.72. The number of carbonyl (C=O) groups is 1. The Morgan fingerprint density at radius 2 is 2.04 bits per heavy atom. The van der Waals surface area contributed by atoms with Crippen molar-refractivity contribution in [1.82, 2.24) is 10.3 Å². The molecule has 1 aliphatic carbocycles. The summed E-state index contributed by atoms with van der Waals surface area (Å²) >= 11 is 0. The van der Waals surface area contributed by atoms with E-state index in [0.29, 0.717) is 6.42 Å². The number of hydrogen-bond donors (Lipinski definition) is 2. The molecule has 0 spiro atoms. The van der Waals surface area contributed by atoms with E-state index in [1.165, 1.54) is 22.9 Å². The topological polar surface area (TPSA) is 44.9 Å². The van der Waals surface area contributed by atoms with Crippen LogP contribution in [0.3, 0.4) is 0 Å². The number of nitrogens with one attached hydrogen (secondary N) is 2. The summed E-state index contributed by atoms with van der Waals surface area (Å²) in [5.41, 5.74) is 5.45. The lowest BCUT2D eigenvalue weighted by Crippen LogP contribution is -2.39. The third-order valence-electron chi connectivity index (χ3n) is 5.00. The van der Waals surface area contributed by atoms with Crippen molar-refractivity contribution in [3.8, 4) is 0 Å². The lowest BCUT2D eigenvalue weighted by atomic mass is 9.91. The Morgan fingerprint density at radius 1 is 1.24 bits per heavy atom. The first-order valence-electron chi connectivity index (χ1n) is 8.72. The highest BCUT2D eigenvalue weighted by molar-refractivity contribution is 5.85. The molecule has 0 fully saturated rings. The third-order valence-corrected chi connectivity index (χ3v) is 5.00. The van der Waals surface area contributed by atoms with Crippen molar-refractivity contribution in [2.45, 2.75) is 38.6 Å². The number of carbonyl (C=O) groups excluding carboxylic acids is 1. The van der Waals surface area contributed by atoms with Crippen LogP contribution in [0.1, 0.15) is 28.8 Å². The highest BCUT2D eigenvalue weighted by Crippen LogP contribution is 2.29. The number of amides is 1. The molecule has 1 aliphatic rings. The van der Waals surface area contributed by atoms with Crippen molar-refractivity contribution in [2.24, 2.45) is 0 Å². The summed E-state index contributed by atoms with van der Waals surface area (Å²) in [5.74, 6) is -0.169. The summed E-state index contributed by atoms with van der Waals surface area (Å²) in [7, 11) is 0. The minimum absolute atomic E-state index is 0.0585. The second-order valence-electron chi connectivity index (χ2n) is 6.94. The van der Waals surface area contributed by atoms with Crippen LogP contribution in [0.5, 0.6) is 0 Å². The van der Waals surface area contributed by atoms with Crippen molar-refractivity contribution in [3.63, 3.8) is 0 Å². The first kappa shape index (κ1) is 15.9. The number of aromatic amines is 1. The van der Waals surface area contributed by atoms with Crippen LogP contribution >= 0.6 is 0 Å². The van der Waals surface area contributed by atoms with Crippen LogP contribution in [-0.4, -0.2) is 16.9 Å². The molecule has 25 heavy (non-hydrogen) atoms. The fourth-order valence-electron chi connectivity index (χ4n) is 3.69. The van der Waals surface area contributed by atoms with Crippen LogP contribution in [0.2, 0.25) is 0 Å². The van der Waals surface area contributed by atoms with Crippen molar-refractivity contribution < 1.29 is 9.18 Å². The summed E-state index contributed by atoms with van der Waals surface area (Å²) in [5, 5.41) is 4.23. The maximum Gasteiger partial charge on any atom is 0.224 e. The number of aryl methyl sites for hydroxylation is 2. The molecule has 1 heterocycles. The second-order valence-corrected chi connectivity index (χ2v) is 6.94. The van der Waals surface area contributed by atoms with Gasteiger partial charge < -0.3 is 10.3 Å². The predicted molar refractivity (Wildman–Crippen MR) is 97.1 cm³/mol. The van der Waals surface area contributed by atoms with Gasteiger partial charge in [0.2, 0.25) is 5.91 Å². The molecule has 3 aromatic rings. The van der Waals surface area contributed by atoms with E-state index >= 15 is 0 Å². The summed E-state index contributed by atoms with van der Waals surface area (Å²) in [4.78, 5) is 15.7. The minimum atomic E-state index is -0.228. The van der Waals surface area contributed by atoms with E-state index < -0.39 is 0 Å². The molecule has 3 nitrogen and oxygen atoms in total. The maximum atomic E-state index is 13.4. The Morgan fingerprint density at radius 3 is 2.84 bits per heavy atom. The molecule has 2 N–H and O–H groups in total. The molecule has 0 saturated carbocycles. The molecule has 1 atom stereocenters. The fraction of sp³-hybridized carbons (Fsp3) is 0.286. The summed E-state index contributed by atoms with van der Waals surface area (Å²) in [6.45, 7) is 2.04. The molecule has 1 unspecified atom stereocenters. The van der Waals surface area contributed by atoms with Crippen LogP contribution in [0.25, 0.3) is 10.9 Å². The highest BCUT2D eigenvalue weighted by Gasteiger charge is 2.23. The van der Waals surface area contributed by atoms with Gasteiger partial charge in [0.1, 0.15) is 5.82 Å². The molecule has 0 saturated heterocycles. The van der Waals surface area contributed by atoms with Gasteiger partial charge in [0.25, 0.3) is 0 Å². The van der Waals surface area contributed by atoms with E-state index in [0.717, 1.165) is 35.7 Å². The van der Waals surface area contributed by atoms with Gasteiger partial charge in [-0.05, 0) is 55.5 Å². The Balaban J connectivity index is 1.46. The molecule has 2 aromatic carbocycles. The SMILES string of the molecule is Cc1ccc(CC(=O)NC2CCc3[nH]c4cc(F)ccc4c3C2)cc1. The standard InChI is InChI=1S/C21H21FN2O/c1-13-2-4-14(5-3-13)10-21(25)23-16-7-9-19-18(12-16)17-8-6-15(22)11-20(17)24-19/h2-6,8,11,16,24H,7,9-10,12H2,1H3,(H,23,25). The van der Waals surface area contributed by atoms with Gasteiger partial charge in [-0.1, -0.05) is 29.8 Å². The van der Waals surface area contributed by atoms with Gasteiger partial charge >= 0.3 is 0 Å². The molecule has 1 amide bonds. The largest absolute Gasteiger partial charge is 0.358 e. The van der Waals surface area contributed by atoms with E-state index in [4.69, 9.17) is 0 Å². The number of H-pyrrole nitrogens is 1. The summed E-state index contributed by atoms with van der Waals surface area (Å²) < 4.78 is 13.4. The second kappa shape index (κ2) is 6.36. The number of halogens is 1. The molecule has 0 bridgehead atoms. The van der Waals surface area contributed by atoms with Gasteiger partial charge in [-0.2, -0.15) is 0 Å². The van der Waals surface area contributed by atoms with Crippen molar-refractivity contribution in [1.29, 1.82) is 0 Å². The number of rotatable bonds is 3. The Hall–Kier alpha value is -2.62. The molecular formula is C21H21FN2O. The molecule has 1 aromatic heterocycles. The zero-order chi connectivity index (χ0) is 17.4. The third kappa shape index (κ3) is 3.29. The quantitative estimate of drug-likeness (QED) is 0.750. The Labute approximate surface area is 146 Å².